The molecule has 0 radical (unpaired) electrons. The molecule has 0 bridgehead atoms. The van der Waals surface area contributed by atoms with Crippen LogP contribution in [0.15, 0.2) is 24.3 Å². The fourth-order valence-electron chi connectivity index (χ4n) is 1.83. The topological polar surface area (TPSA) is 105 Å². The van der Waals surface area contributed by atoms with Crippen molar-refractivity contribution in [2.75, 3.05) is 13.7 Å². The first-order chi connectivity index (χ1) is 12.1. The molecule has 0 N–H and O–H groups in total. The summed E-state index contributed by atoms with van der Waals surface area (Å²) < 4.78 is 10.4. The van der Waals surface area contributed by atoms with E-state index in [9.17, 15) is 19.7 Å². The lowest BCUT2D eigenvalue weighted by Gasteiger charge is -2.13. The first-order valence-electron chi connectivity index (χ1n) is 8.02. The quantitative estimate of drug-likeness (QED) is 0.165. The molecule has 26 heavy (non-hydrogen) atoms. The molecule has 8 heteroatoms. The molecule has 0 aliphatic rings. The second kappa shape index (κ2) is 9.55. The van der Waals surface area contributed by atoms with Crippen LogP contribution >= 0.6 is 0 Å². The predicted molar refractivity (Wildman–Crippen MR) is 94.3 cm³/mol. The van der Waals surface area contributed by atoms with E-state index in [1.807, 2.05) is 20.8 Å². The normalized spacial score (nSPS) is 11.2. The minimum atomic E-state index is -0.914. The van der Waals surface area contributed by atoms with Crippen LogP contribution in [-0.2, 0) is 14.4 Å². The molecule has 0 aromatic heterocycles. The molecular weight excluding hydrogens is 342 g/mol. The van der Waals surface area contributed by atoms with Gasteiger partial charge in [-0.2, -0.15) is 0 Å². The third kappa shape index (κ3) is 7.33. The number of hydrogen-bond donors (Lipinski definition) is 0. The summed E-state index contributed by atoms with van der Waals surface area (Å²) in [6.07, 6.45) is 3.22. The van der Waals surface area contributed by atoms with Crippen molar-refractivity contribution < 1.29 is 29.0 Å². The van der Waals surface area contributed by atoms with E-state index in [1.165, 1.54) is 13.2 Å². The van der Waals surface area contributed by atoms with E-state index in [0.29, 0.717) is 11.3 Å². The first kappa shape index (κ1) is 21.1. The number of hydrogen-bond acceptors (Lipinski definition) is 7. The molecular formula is C18H23NO7. The van der Waals surface area contributed by atoms with Crippen molar-refractivity contribution in [2.45, 2.75) is 33.6 Å². The first-order valence-corrected chi connectivity index (χ1v) is 8.02. The number of nitrogens with zero attached hydrogens (tertiary/aromatic N) is 1. The Balaban J connectivity index is 2.77. The van der Waals surface area contributed by atoms with E-state index in [1.54, 1.807) is 24.3 Å². The van der Waals surface area contributed by atoms with Gasteiger partial charge in [0.25, 0.3) is 5.09 Å². The molecule has 1 aromatic carbocycles. The largest absolute Gasteiger partial charge is 0.493 e. The molecule has 0 heterocycles. The maximum atomic E-state index is 12.0. The average Bonchev–Trinajstić information content (AvgIpc) is 2.55. The van der Waals surface area contributed by atoms with Crippen molar-refractivity contribution in [1.82, 2.24) is 0 Å². The molecule has 8 nitrogen and oxygen atoms in total. The Morgan fingerprint density at radius 1 is 1.23 bits per heavy atom. The van der Waals surface area contributed by atoms with Gasteiger partial charge in [-0.05, 0) is 30.2 Å². The molecule has 0 saturated carbocycles. The van der Waals surface area contributed by atoms with Crippen LogP contribution < -0.4 is 9.47 Å². The molecule has 0 spiro atoms. The highest BCUT2D eigenvalue weighted by atomic mass is 16.9. The van der Waals surface area contributed by atoms with Crippen LogP contribution in [0.5, 0.6) is 11.5 Å². The summed E-state index contributed by atoms with van der Waals surface area (Å²) in [4.78, 5) is 38.0. The van der Waals surface area contributed by atoms with E-state index in [2.05, 4.69) is 4.84 Å². The van der Waals surface area contributed by atoms with Crippen LogP contribution in [0.1, 0.15) is 39.2 Å². The molecule has 0 saturated heterocycles. The number of allylic oxidation sites excluding steroid dienone is 1. The number of benzene rings is 1. The lowest BCUT2D eigenvalue weighted by Crippen LogP contribution is -2.17. The summed E-state index contributed by atoms with van der Waals surface area (Å²) in [6.45, 7) is 5.29. The van der Waals surface area contributed by atoms with Crippen molar-refractivity contribution in [2.24, 2.45) is 5.41 Å². The van der Waals surface area contributed by atoms with Gasteiger partial charge in [0.2, 0.25) is 0 Å². The maximum absolute atomic E-state index is 12.0. The van der Waals surface area contributed by atoms with Crippen LogP contribution in [-0.4, -0.2) is 30.6 Å². The fraction of sp³-hybridized carbons (Fsp3) is 0.444. The minimum Gasteiger partial charge on any atom is -0.493 e. The number of rotatable bonds is 9. The van der Waals surface area contributed by atoms with Crippen LogP contribution in [0.2, 0.25) is 0 Å². The monoisotopic (exact) mass is 365 g/mol. The molecule has 0 unspecified atom stereocenters. The number of carbonyl (C=O) groups excluding carboxylic acids is 2. The van der Waals surface area contributed by atoms with Gasteiger partial charge in [-0.1, -0.05) is 32.9 Å². The number of esters is 1. The summed E-state index contributed by atoms with van der Waals surface area (Å²) >= 11 is 0. The summed E-state index contributed by atoms with van der Waals surface area (Å²) in [5.74, 6) is -0.0305. The highest BCUT2D eigenvalue weighted by Crippen LogP contribution is 2.29. The maximum Gasteiger partial charge on any atom is 0.311 e. The van der Waals surface area contributed by atoms with Crippen molar-refractivity contribution in [3.63, 3.8) is 0 Å². The highest BCUT2D eigenvalue weighted by molar-refractivity contribution is 5.97. The standard InChI is InChI=1S/C18H23NO7/c1-18(2,3)16(20)10-8-13-7-9-14(24-4)15(12-13)26-17(21)6-5-11-25-19(22)23/h7-10,12H,5-6,11H2,1-4H3/b10-8+. The minimum absolute atomic E-state index is 0.0300. The van der Waals surface area contributed by atoms with Gasteiger partial charge in [0, 0.05) is 11.8 Å². The van der Waals surface area contributed by atoms with Crippen molar-refractivity contribution >= 4 is 17.8 Å². The lowest BCUT2D eigenvalue weighted by molar-refractivity contribution is -0.757. The Morgan fingerprint density at radius 2 is 1.92 bits per heavy atom. The van der Waals surface area contributed by atoms with Crippen LogP contribution in [0.3, 0.4) is 0 Å². The Hall–Kier alpha value is -2.90. The molecule has 0 atom stereocenters. The van der Waals surface area contributed by atoms with Crippen LogP contribution in [0, 0.1) is 15.5 Å². The summed E-state index contributed by atoms with van der Waals surface area (Å²) in [5.41, 5.74) is 0.187. The van der Waals surface area contributed by atoms with Gasteiger partial charge in [0.1, 0.15) is 0 Å². The summed E-state index contributed by atoms with van der Waals surface area (Å²) in [5, 5.41) is 9.13. The Labute approximate surface area is 151 Å². The van der Waals surface area contributed by atoms with E-state index in [4.69, 9.17) is 9.47 Å². The summed E-state index contributed by atoms with van der Waals surface area (Å²) in [6, 6.07) is 4.93. The van der Waals surface area contributed by atoms with Gasteiger partial charge < -0.3 is 14.3 Å². The van der Waals surface area contributed by atoms with Crippen LogP contribution in [0.4, 0.5) is 0 Å². The number of ether oxygens (including phenoxy) is 2. The van der Waals surface area contributed by atoms with Gasteiger partial charge in [-0.25, -0.2) is 0 Å². The lowest BCUT2D eigenvalue weighted by atomic mass is 9.90. The van der Waals surface area contributed by atoms with Gasteiger partial charge in [-0.15, -0.1) is 10.1 Å². The Bertz CT molecular complexity index is 689. The zero-order valence-corrected chi connectivity index (χ0v) is 15.3. The molecule has 142 valence electrons. The smallest absolute Gasteiger partial charge is 0.311 e. The van der Waals surface area contributed by atoms with Crippen molar-refractivity contribution in [3.8, 4) is 11.5 Å². The zero-order valence-electron chi connectivity index (χ0n) is 15.3. The third-order valence-electron chi connectivity index (χ3n) is 3.30. The molecule has 1 aromatic rings. The van der Waals surface area contributed by atoms with Gasteiger partial charge >= 0.3 is 5.97 Å². The second-order valence-corrected chi connectivity index (χ2v) is 6.49. The van der Waals surface area contributed by atoms with E-state index in [-0.39, 0.29) is 31.0 Å². The molecule has 0 amide bonds. The van der Waals surface area contributed by atoms with E-state index in [0.717, 1.165) is 0 Å². The molecule has 1 rings (SSSR count). The SMILES string of the molecule is COc1ccc(/C=C/C(=O)C(C)(C)C)cc1OC(=O)CCCO[N+](=O)[O-]. The van der Waals surface area contributed by atoms with E-state index >= 15 is 0 Å². The average molecular weight is 365 g/mol. The second-order valence-electron chi connectivity index (χ2n) is 6.49. The Kier molecular flexibility index (Phi) is 7.77. The summed E-state index contributed by atoms with van der Waals surface area (Å²) in [7, 11) is 1.44. The number of carbonyl (C=O) groups is 2. The van der Waals surface area contributed by atoms with Gasteiger partial charge in [-0.3, -0.25) is 9.59 Å². The van der Waals surface area contributed by atoms with Gasteiger partial charge in [0.15, 0.2) is 17.3 Å². The molecule has 0 fully saturated rings. The number of methoxy groups -OCH3 is 1. The van der Waals surface area contributed by atoms with Crippen molar-refractivity contribution in [3.05, 3.63) is 40.0 Å². The molecule has 0 aliphatic carbocycles. The van der Waals surface area contributed by atoms with Crippen LogP contribution in [0.25, 0.3) is 6.08 Å². The third-order valence-corrected chi connectivity index (χ3v) is 3.30. The molecule has 0 aliphatic heterocycles. The predicted octanol–water partition coefficient (Wildman–Crippen LogP) is 3.22. The highest BCUT2D eigenvalue weighted by Gasteiger charge is 2.18. The zero-order chi connectivity index (χ0) is 19.7. The van der Waals surface area contributed by atoms with Crippen molar-refractivity contribution in [1.29, 1.82) is 0 Å². The van der Waals surface area contributed by atoms with Gasteiger partial charge in [0.05, 0.1) is 13.7 Å². The fourth-order valence-corrected chi connectivity index (χ4v) is 1.83. The Morgan fingerprint density at radius 3 is 2.50 bits per heavy atom. The number of ketones is 1. The van der Waals surface area contributed by atoms with E-state index < -0.39 is 16.5 Å².